The molecule has 0 aromatic heterocycles. The summed E-state index contributed by atoms with van der Waals surface area (Å²) in [5.74, 6) is -0.777. The molecule has 7 heteroatoms. The van der Waals surface area contributed by atoms with Crippen LogP contribution >= 0.6 is 12.2 Å². The van der Waals surface area contributed by atoms with Crippen molar-refractivity contribution in [2.45, 2.75) is 6.61 Å². The number of anilines is 1. The molecule has 0 radical (unpaired) electrons. The number of nitrogens with one attached hydrogen (secondary N) is 2. The highest BCUT2D eigenvalue weighted by Gasteiger charge is 2.09. The zero-order valence-electron chi connectivity index (χ0n) is 15.3. The molecule has 0 saturated carbocycles. The molecular weight excluding hydrogens is 388 g/mol. The Morgan fingerprint density at radius 1 is 0.897 bits per heavy atom. The average Bonchev–Trinajstić information content (AvgIpc) is 2.73. The van der Waals surface area contributed by atoms with Crippen LogP contribution in [-0.4, -0.2) is 22.1 Å². The molecule has 29 heavy (non-hydrogen) atoms. The Balaban J connectivity index is 1.54. The van der Waals surface area contributed by atoms with Gasteiger partial charge in [0.1, 0.15) is 12.4 Å². The van der Waals surface area contributed by atoms with E-state index in [1.54, 1.807) is 36.4 Å². The normalized spacial score (nSPS) is 10.1. The third-order valence-corrected chi connectivity index (χ3v) is 4.16. The second kappa shape index (κ2) is 9.48. The molecule has 0 unspecified atom stereocenters. The lowest BCUT2D eigenvalue weighted by Crippen LogP contribution is -2.34. The number of benzene rings is 3. The lowest BCUT2D eigenvalue weighted by Gasteiger charge is -2.11. The van der Waals surface area contributed by atoms with Gasteiger partial charge in [-0.2, -0.15) is 0 Å². The number of carboxylic acid groups (broad SMARTS) is 1. The number of rotatable bonds is 6. The van der Waals surface area contributed by atoms with Crippen LogP contribution in [0.15, 0.2) is 78.9 Å². The fourth-order valence-electron chi connectivity index (χ4n) is 2.51. The molecule has 0 atom stereocenters. The third kappa shape index (κ3) is 5.88. The lowest BCUT2D eigenvalue weighted by molar-refractivity contribution is 0.0696. The number of thiocarbonyl (C=S) groups is 1. The van der Waals surface area contributed by atoms with Gasteiger partial charge in [0.2, 0.25) is 0 Å². The highest BCUT2D eigenvalue weighted by molar-refractivity contribution is 7.80. The molecule has 0 heterocycles. The van der Waals surface area contributed by atoms with Crippen molar-refractivity contribution in [1.82, 2.24) is 5.32 Å². The van der Waals surface area contributed by atoms with Gasteiger partial charge in [0.05, 0.1) is 5.56 Å². The first-order valence-electron chi connectivity index (χ1n) is 8.74. The molecule has 0 spiro atoms. The van der Waals surface area contributed by atoms with Gasteiger partial charge in [-0.15, -0.1) is 0 Å². The zero-order chi connectivity index (χ0) is 20.6. The van der Waals surface area contributed by atoms with Crippen molar-refractivity contribution in [2.75, 3.05) is 5.32 Å². The monoisotopic (exact) mass is 406 g/mol. The summed E-state index contributed by atoms with van der Waals surface area (Å²) >= 11 is 5.13. The highest BCUT2D eigenvalue weighted by atomic mass is 32.1. The largest absolute Gasteiger partial charge is 0.489 e. The highest BCUT2D eigenvalue weighted by Crippen LogP contribution is 2.15. The number of ether oxygens (including phenoxy) is 1. The number of hydrogen-bond acceptors (Lipinski definition) is 4. The Kier molecular flexibility index (Phi) is 6.55. The first kappa shape index (κ1) is 20.0. The minimum Gasteiger partial charge on any atom is -0.489 e. The second-order valence-corrected chi connectivity index (χ2v) is 6.50. The van der Waals surface area contributed by atoms with Crippen molar-refractivity contribution >= 4 is 34.9 Å². The molecular formula is C22H18N2O4S. The summed E-state index contributed by atoms with van der Waals surface area (Å²) in [6.45, 7) is 0.440. The minimum atomic E-state index is -1.04. The molecule has 0 aliphatic carbocycles. The van der Waals surface area contributed by atoms with Crippen molar-refractivity contribution in [3.05, 3.63) is 95.6 Å². The predicted molar refractivity (Wildman–Crippen MR) is 114 cm³/mol. The summed E-state index contributed by atoms with van der Waals surface area (Å²) in [4.78, 5) is 23.4. The van der Waals surface area contributed by atoms with Gasteiger partial charge in [0, 0.05) is 11.3 Å². The molecule has 3 aromatic rings. The second-order valence-electron chi connectivity index (χ2n) is 6.09. The van der Waals surface area contributed by atoms with E-state index in [1.807, 2.05) is 30.3 Å². The van der Waals surface area contributed by atoms with Crippen molar-refractivity contribution in [3.63, 3.8) is 0 Å². The Hall–Kier alpha value is -3.71. The molecule has 0 fully saturated rings. The number of carbonyl (C=O) groups is 2. The van der Waals surface area contributed by atoms with Gasteiger partial charge in [-0.25, -0.2) is 4.79 Å². The Morgan fingerprint density at radius 3 is 2.31 bits per heavy atom. The predicted octanol–water partition coefficient (Wildman–Crippen LogP) is 4.09. The summed E-state index contributed by atoms with van der Waals surface area (Å²) in [6.07, 6.45) is 0. The van der Waals surface area contributed by atoms with E-state index in [4.69, 9.17) is 22.1 Å². The number of aromatic carboxylic acids is 1. The summed E-state index contributed by atoms with van der Waals surface area (Å²) in [7, 11) is 0. The van der Waals surface area contributed by atoms with Gasteiger partial charge >= 0.3 is 5.97 Å². The van der Waals surface area contributed by atoms with E-state index in [-0.39, 0.29) is 16.6 Å². The molecule has 3 rings (SSSR count). The molecule has 1 amide bonds. The number of carboxylic acids is 1. The molecule has 6 nitrogen and oxygen atoms in total. The molecule has 0 aliphatic rings. The van der Waals surface area contributed by atoms with Gasteiger partial charge in [-0.05, 0) is 60.2 Å². The van der Waals surface area contributed by atoms with Crippen LogP contribution in [0.3, 0.4) is 0 Å². The molecule has 0 aliphatic heterocycles. The zero-order valence-corrected chi connectivity index (χ0v) is 16.1. The van der Waals surface area contributed by atoms with E-state index >= 15 is 0 Å². The number of carbonyl (C=O) groups excluding carboxylic acids is 1. The van der Waals surface area contributed by atoms with Gasteiger partial charge in [-0.3, -0.25) is 10.1 Å². The Labute approximate surface area is 173 Å². The van der Waals surface area contributed by atoms with Crippen LogP contribution in [-0.2, 0) is 6.61 Å². The lowest BCUT2D eigenvalue weighted by atomic mass is 10.2. The topological polar surface area (TPSA) is 87.7 Å². The molecule has 3 N–H and O–H groups in total. The maximum Gasteiger partial charge on any atom is 0.335 e. The first-order chi connectivity index (χ1) is 14.0. The standard InChI is InChI=1S/C22H18N2O4S/c25-20(24-22(29)23-18-8-4-7-17(13-18)21(26)27)16-9-11-19(12-10-16)28-14-15-5-2-1-3-6-15/h1-13H,14H2,(H,26,27)(H2,23,24,25,29). The smallest absolute Gasteiger partial charge is 0.335 e. The molecule has 0 bridgehead atoms. The van der Waals surface area contributed by atoms with Crippen LogP contribution in [0.2, 0.25) is 0 Å². The van der Waals surface area contributed by atoms with Crippen LogP contribution in [0.4, 0.5) is 5.69 Å². The van der Waals surface area contributed by atoms with Crippen molar-refractivity contribution in [2.24, 2.45) is 0 Å². The number of amides is 1. The quantitative estimate of drug-likeness (QED) is 0.535. The van der Waals surface area contributed by atoms with Crippen LogP contribution < -0.4 is 15.4 Å². The summed E-state index contributed by atoms with van der Waals surface area (Å²) in [5.41, 5.74) is 2.06. The van der Waals surface area contributed by atoms with Crippen molar-refractivity contribution in [3.8, 4) is 5.75 Å². The van der Waals surface area contributed by atoms with Crippen LogP contribution in [0.25, 0.3) is 0 Å². The first-order valence-corrected chi connectivity index (χ1v) is 9.14. The van der Waals surface area contributed by atoms with Gasteiger partial charge in [0.25, 0.3) is 5.91 Å². The maximum atomic E-state index is 12.3. The SMILES string of the molecule is O=C(O)c1cccc(NC(=S)NC(=O)c2ccc(OCc3ccccc3)cc2)c1. The molecule has 146 valence electrons. The van der Waals surface area contributed by atoms with E-state index in [1.165, 1.54) is 12.1 Å². The average molecular weight is 406 g/mol. The summed E-state index contributed by atoms with van der Waals surface area (Å²) in [5, 5.41) is 14.5. The fourth-order valence-corrected chi connectivity index (χ4v) is 2.72. The molecule has 3 aromatic carbocycles. The van der Waals surface area contributed by atoms with E-state index < -0.39 is 5.97 Å². The maximum absolute atomic E-state index is 12.3. The van der Waals surface area contributed by atoms with E-state index in [0.717, 1.165) is 5.56 Å². The van der Waals surface area contributed by atoms with E-state index in [9.17, 15) is 9.59 Å². The van der Waals surface area contributed by atoms with Crippen LogP contribution in [0.1, 0.15) is 26.3 Å². The minimum absolute atomic E-state index is 0.0712. The van der Waals surface area contributed by atoms with E-state index in [2.05, 4.69) is 10.6 Å². The van der Waals surface area contributed by atoms with Crippen LogP contribution in [0.5, 0.6) is 5.75 Å². The van der Waals surface area contributed by atoms with Crippen molar-refractivity contribution < 1.29 is 19.4 Å². The summed E-state index contributed by atoms with van der Waals surface area (Å²) in [6, 6.07) is 22.6. The number of hydrogen-bond donors (Lipinski definition) is 3. The fraction of sp³-hybridized carbons (Fsp3) is 0.0455. The van der Waals surface area contributed by atoms with Gasteiger partial charge < -0.3 is 15.2 Å². The summed E-state index contributed by atoms with van der Waals surface area (Å²) < 4.78 is 5.70. The third-order valence-electron chi connectivity index (χ3n) is 3.96. The van der Waals surface area contributed by atoms with Gasteiger partial charge in [0.15, 0.2) is 5.11 Å². The molecule has 0 saturated heterocycles. The van der Waals surface area contributed by atoms with Crippen LogP contribution in [0, 0.1) is 0 Å². The van der Waals surface area contributed by atoms with E-state index in [0.29, 0.717) is 23.6 Å². The Bertz CT molecular complexity index is 1020. The van der Waals surface area contributed by atoms with Gasteiger partial charge in [-0.1, -0.05) is 36.4 Å². The Morgan fingerprint density at radius 2 is 1.62 bits per heavy atom. The van der Waals surface area contributed by atoms with Crippen molar-refractivity contribution in [1.29, 1.82) is 0 Å².